The van der Waals surface area contributed by atoms with Gasteiger partial charge in [-0.15, -0.1) is 0 Å². The molecule has 6 nitrogen and oxygen atoms in total. The molecule has 0 saturated carbocycles. The lowest BCUT2D eigenvalue weighted by Crippen LogP contribution is -2.48. The van der Waals surface area contributed by atoms with Crippen LogP contribution in [-0.2, 0) is 9.59 Å². The summed E-state index contributed by atoms with van der Waals surface area (Å²) in [5.74, 6) is -0.763. The van der Waals surface area contributed by atoms with Gasteiger partial charge in [-0.2, -0.15) is 0 Å². The normalized spacial score (nSPS) is 17.3. The third-order valence-corrected chi connectivity index (χ3v) is 4.69. The van der Waals surface area contributed by atoms with E-state index in [4.69, 9.17) is 21.7 Å². The number of carbonyl (C=O) groups is 2. The van der Waals surface area contributed by atoms with Crippen molar-refractivity contribution in [2.75, 3.05) is 13.7 Å². The van der Waals surface area contributed by atoms with Crippen LogP contribution < -0.4 is 14.6 Å². The molecule has 0 bridgehead atoms. The molecule has 1 aliphatic rings. The van der Waals surface area contributed by atoms with E-state index < -0.39 is 17.9 Å². The van der Waals surface area contributed by atoms with Crippen molar-refractivity contribution in [3.63, 3.8) is 0 Å². The molecule has 0 radical (unpaired) electrons. The van der Waals surface area contributed by atoms with Crippen LogP contribution in [0.5, 0.6) is 11.5 Å². The summed E-state index contributed by atoms with van der Waals surface area (Å²) in [5.41, 5.74) is 0.651. The summed E-state index contributed by atoms with van der Waals surface area (Å²) < 4.78 is 11.1. The molecule has 1 atom stereocenters. The second-order valence-electron chi connectivity index (χ2n) is 4.86. The van der Waals surface area contributed by atoms with E-state index in [-0.39, 0.29) is 4.32 Å². The van der Waals surface area contributed by atoms with Crippen molar-refractivity contribution in [2.24, 2.45) is 0 Å². The highest BCUT2D eigenvalue weighted by Crippen LogP contribution is 2.38. The number of rotatable bonds is 6. The molecule has 0 unspecified atom stereocenters. The lowest BCUT2D eigenvalue weighted by atomic mass is 10.1. The van der Waals surface area contributed by atoms with Gasteiger partial charge in [-0.1, -0.05) is 36.1 Å². The van der Waals surface area contributed by atoms with Crippen LogP contribution in [0.1, 0.15) is 19.4 Å². The Morgan fingerprint density at radius 1 is 1.50 bits per heavy atom. The van der Waals surface area contributed by atoms with Gasteiger partial charge in [-0.3, -0.25) is 9.69 Å². The SMILES string of the molecule is CCOc1c(/C=C2\SC(=S)N([C@@H](C)C(=O)[O-])C2=O)cccc1OC. The van der Waals surface area contributed by atoms with Crippen molar-refractivity contribution in [1.82, 2.24) is 4.90 Å². The van der Waals surface area contributed by atoms with Crippen LogP contribution in [0.4, 0.5) is 0 Å². The summed E-state index contributed by atoms with van der Waals surface area (Å²) >= 11 is 6.16. The van der Waals surface area contributed by atoms with Crippen molar-refractivity contribution in [3.05, 3.63) is 28.7 Å². The lowest BCUT2D eigenvalue weighted by Gasteiger charge is -2.23. The number of amides is 1. The Balaban J connectivity index is 2.41. The van der Waals surface area contributed by atoms with Crippen molar-refractivity contribution in [1.29, 1.82) is 0 Å². The molecule has 8 heteroatoms. The number of aliphatic carboxylic acids is 1. The summed E-state index contributed by atoms with van der Waals surface area (Å²) in [5, 5.41) is 11.0. The minimum absolute atomic E-state index is 0.184. The van der Waals surface area contributed by atoms with E-state index in [2.05, 4.69) is 0 Å². The number of nitrogens with zero attached hydrogens (tertiary/aromatic N) is 1. The first-order valence-electron chi connectivity index (χ1n) is 7.18. The monoisotopic (exact) mass is 366 g/mol. The molecule has 1 fully saturated rings. The molecule has 1 aromatic rings. The number of benzene rings is 1. The summed E-state index contributed by atoms with van der Waals surface area (Å²) in [6.45, 7) is 3.64. The maximum atomic E-state index is 12.5. The average molecular weight is 366 g/mol. The number of hydrogen-bond donors (Lipinski definition) is 0. The van der Waals surface area contributed by atoms with Crippen molar-refractivity contribution in [2.45, 2.75) is 19.9 Å². The zero-order valence-electron chi connectivity index (χ0n) is 13.4. The molecule has 1 amide bonds. The Kier molecular flexibility index (Phi) is 5.84. The second kappa shape index (κ2) is 7.67. The van der Waals surface area contributed by atoms with E-state index in [0.717, 1.165) is 16.7 Å². The fourth-order valence-electron chi connectivity index (χ4n) is 2.17. The molecular formula is C16H16NO5S2-. The second-order valence-corrected chi connectivity index (χ2v) is 6.53. The van der Waals surface area contributed by atoms with Gasteiger partial charge in [0.2, 0.25) is 0 Å². The number of ether oxygens (including phenoxy) is 2. The van der Waals surface area contributed by atoms with E-state index in [9.17, 15) is 14.7 Å². The summed E-state index contributed by atoms with van der Waals surface area (Å²) in [6.07, 6.45) is 1.62. The molecule has 1 aromatic carbocycles. The number of thioether (sulfide) groups is 1. The third-order valence-electron chi connectivity index (χ3n) is 3.36. The highest BCUT2D eigenvalue weighted by Gasteiger charge is 2.36. The van der Waals surface area contributed by atoms with E-state index in [1.54, 1.807) is 24.3 Å². The molecule has 0 N–H and O–H groups in total. The van der Waals surface area contributed by atoms with Crippen LogP contribution in [0, 0.1) is 0 Å². The Labute approximate surface area is 149 Å². The van der Waals surface area contributed by atoms with E-state index in [1.807, 2.05) is 6.92 Å². The van der Waals surface area contributed by atoms with Gasteiger partial charge >= 0.3 is 0 Å². The smallest absolute Gasteiger partial charge is 0.266 e. The minimum Gasteiger partial charge on any atom is -0.548 e. The highest BCUT2D eigenvalue weighted by molar-refractivity contribution is 8.26. The van der Waals surface area contributed by atoms with E-state index in [1.165, 1.54) is 14.0 Å². The topological polar surface area (TPSA) is 78.9 Å². The molecule has 0 spiro atoms. The number of hydrogen-bond acceptors (Lipinski definition) is 7. The number of para-hydroxylation sites is 1. The average Bonchev–Trinajstić information content (AvgIpc) is 2.82. The van der Waals surface area contributed by atoms with Gasteiger partial charge in [0, 0.05) is 5.56 Å². The molecule has 0 aromatic heterocycles. The summed E-state index contributed by atoms with van der Waals surface area (Å²) in [7, 11) is 1.53. The third kappa shape index (κ3) is 3.54. The van der Waals surface area contributed by atoms with Crippen LogP contribution in [0.25, 0.3) is 6.08 Å². The predicted octanol–water partition coefficient (Wildman–Crippen LogP) is 1.43. The number of carbonyl (C=O) groups excluding carboxylic acids is 2. The first kappa shape index (κ1) is 18.3. The maximum Gasteiger partial charge on any atom is 0.266 e. The van der Waals surface area contributed by atoms with Crippen LogP contribution in [0.15, 0.2) is 23.1 Å². The minimum atomic E-state index is -1.36. The highest BCUT2D eigenvalue weighted by atomic mass is 32.2. The van der Waals surface area contributed by atoms with Gasteiger partial charge in [-0.25, -0.2) is 0 Å². The standard InChI is InChI=1S/C16H17NO5S2/c1-4-22-13-10(6-5-7-11(13)21-3)8-12-14(18)17(16(23)24-12)9(2)15(19)20/h5-9H,4H2,1-3H3,(H,19,20)/p-1/b12-8-/t9-/m0/s1. The van der Waals surface area contributed by atoms with Gasteiger partial charge in [0.1, 0.15) is 4.32 Å². The molecule has 128 valence electrons. The fraction of sp³-hybridized carbons (Fsp3) is 0.312. The molecule has 24 heavy (non-hydrogen) atoms. The fourth-order valence-corrected chi connectivity index (χ4v) is 3.58. The summed E-state index contributed by atoms with van der Waals surface area (Å²) in [4.78, 5) is 24.9. The Bertz CT molecular complexity index is 716. The molecular weight excluding hydrogens is 350 g/mol. The van der Waals surface area contributed by atoms with Crippen LogP contribution in [-0.4, -0.2) is 40.9 Å². The zero-order valence-corrected chi connectivity index (χ0v) is 15.0. The van der Waals surface area contributed by atoms with E-state index >= 15 is 0 Å². The van der Waals surface area contributed by atoms with Crippen LogP contribution in [0.2, 0.25) is 0 Å². The molecule has 1 aliphatic heterocycles. The quantitative estimate of drug-likeness (QED) is 0.557. The van der Waals surface area contributed by atoms with Crippen LogP contribution in [0.3, 0.4) is 0 Å². The lowest BCUT2D eigenvalue weighted by molar-refractivity contribution is -0.309. The number of methoxy groups -OCH3 is 1. The Hall–Kier alpha value is -2.06. The Morgan fingerprint density at radius 2 is 2.21 bits per heavy atom. The summed E-state index contributed by atoms with van der Waals surface area (Å²) in [6, 6.07) is 4.19. The molecule has 1 saturated heterocycles. The largest absolute Gasteiger partial charge is 0.548 e. The number of carboxylic acid groups (broad SMARTS) is 1. The zero-order chi connectivity index (χ0) is 17.9. The van der Waals surface area contributed by atoms with Crippen molar-refractivity contribution < 1.29 is 24.2 Å². The Morgan fingerprint density at radius 3 is 2.79 bits per heavy atom. The predicted molar refractivity (Wildman–Crippen MR) is 93.6 cm³/mol. The van der Waals surface area contributed by atoms with Gasteiger partial charge in [0.25, 0.3) is 5.91 Å². The van der Waals surface area contributed by atoms with Gasteiger partial charge in [0.15, 0.2) is 11.5 Å². The van der Waals surface area contributed by atoms with Gasteiger partial charge in [-0.05, 0) is 26.0 Å². The van der Waals surface area contributed by atoms with Gasteiger partial charge < -0.3 is 19.4 Å². The molecule has 0 aliphatic carbocycles. The van der Waals surface area contributed by atoms with Crippen LogP contribution >= 0.6 is 24.0 Å². The first-order valence-corrected chi connectivity index (χ1v) is 8.40. The van der Waals surface area contributed by atoms with Crippen molar-refractivity contribution in [3.8, 4) is 11.5 Å². The molecule has 1 heterocycles. The maximum absolute atomic E-state index is 12.5. The number of carboxylic acids is 1. The van der Waals surface area contributed by atoms with E-state index in [0.29, 0.717) is 28.6 Å². The van der Waals surface area contributed by atoms with Crippen molar-refractivity contribution >= 4 is 46.3 Å². The first-order chi connectivity index (χ1) is 11.4. The molecule has 2 rings (SSSR count). The van der Waals surface area contributed by atoms with Gasteiger partial charge in [0.05, 0.1) is 30.6 Å². The number of thiocarbonyl (C=S) groups is 1.